The molecule has 3 rings (SSSR count). The van der Waals surface area contributed by atoms with Crippen molar-refractivity contribution in [1.82, 2.24) is 25.1 Å². The Bertz CT molecular complexity index is 895. The van der Waals surface area contributed by atoms with Crippen molar-refractivity contribution in [2.45, 2.75) is 13.0 Å². The maximum Gasteiger partial charge on any atom is 0.338 e. The number of ether oxygens (including phenoxy) is 1. The number of hydrogen-bond donors (Lipinski definition) is 0. The molecular formula is C19H19N5O3. The SMILES string of the molecule is C[C@H](c1ccccc1)N(C)C(=O)COC(=O)c1ccc(-n2cnnn2)cc1. The number of nitrogens with zero attached hydrogens (tertiary/aromatic N) is 5. The Kier molecular flexibility index (Phi) is 5.55. The average Bonchev–Trinajstić information content (AvgIpc) is 3.26. The van der Waals surface area contributed by atoms with Gasteiger partial charge < -0.3 is 9.64 Å². The number of likely N-dealkylation sites (N-methyl/N-ethyl adjacent to an activating group) is 1. The van der Waals surface area contributed by atoms with Crippen LogP contribution in [0.25, 0.3) is 5.69 Å². The van der Waals surface area contributed by atoms with Crippen LogP contribution in [0.15, 0.2) is 60.9 Å². The normalized spacial score (nSPS) is 11.6. The van der Waals surface area contributed by atoms with E-state index < -0.39 is 5.97 Å². The number of aromatic nitrogens is 4. The van der Waals surface area contributed by atoms with Crippen molar-refractivity contribution in [3.8, 4) is 5.69 Å². The molecule has 0 saturated carbocycles. The van der Waals surface area contributed by atoms with Gasteiger partial charge >= 0.3 is 5.97 Å². The van der Waals surface area contributed by atoms with Crippen molar-refractivity contribution in [3.63, 3.8) is 0 Å². The van der Waals surface area contributed by atoms with E-state index in [1.807, 2.05) is 37.3 Å². The topological polar surface area (TPSA) is 90.2 Å². The van der Waals surface area contributed by atoms with Crippen LogP contribution in [-0.2, 0) is 9.53 Å². The summed E-state index contributed by atoms with van der Waals surface area (Å²) in [5.41, 5.74) is 2.07. The van der Waals surface area contributed by atoms with Crippen LogP contribution in [0.2, 0.25) is 0 Å². The first kappa shape index (κ1) is 18.2. The maximum absolute atomic E-state index is 12.3. The third-order valence-corrected chi connectivity index (χ3v) is 4.30. The van der Waals surface area contributed by atoms with Gasteiger partial charge in [0.05, 0.1) is 17.3 Å². The highest BCUT2D eigenvalue weighted by Gasteiger charge is 2.19. The van der Waals surface area contributed by atoms with Crippen LogP contribution in [0.5, 0.6) is 0 Å². The van der Waals surface area contributed by atoms with Crippen molar-refractivity contribution >= 4 is 11.9 Å². The third kappa shape index (κ3) is 4.35. The second-order valence-electron chi connectivity index (χ2n) is 5.97. The molecule has 0 aliphatic rings. The lowest BCUT2D eigenvalue weighted by Crippen LogP contribution is -2.33. The molecule has 0 fully saturated rings. The molecule has 0 spiro atoms. The van der Waals surface area contributed by atoms with Gasteiger partial charge in [-0.05, 0) is 47.2 Å². The second kappa shape index (κ2) is 8.22. The minimum atomic E-state index is -0.563. The number of amides is 1. The molecule has 27 heavy (non-hydrogen) atoms. The molecule has 0 aliphatic heterocycles. The summed E-state index contributed by atoms with van der Waals surface area (Å²) in [5, 5.41) is 10.9. The maximum atomic E-state index is 12.3. The van der Waals surface area contributed by atoms with E-state index in [9.17, 15) is 9.59 Å². The first-order valence-corrected chi connectivity index (χ1v) is 8.37. The highest BCUT2D eigenvalue weighted by atomic mass is 16.5. The molecule has 8 heteroatoms. The third-order valence-electron chi connectivity index (χ3n) is 4.30. The van der Waals surface area contributed by atoms with E-state index in [2.05, 4.69) is 15.5 Å². The molecule has 0 aliphatic carbocycles. The summed E-state index contributed by atoms with van der Waals surface area (Å²) in [4.78, 5) is 26.1. The van der Waals surface area contributed by atoms with E-state index >= 15 is 0 Å². The van der Waals surface area contributed by atoms with Gasteiger partial charge in [0, 0.05) is 7.05 Å². The molecule has 0 unspecified atom stereocenters. The predicted octanol–water partition coefficient (Wildman–Crippen LogP) is 2.04. The Balaban J connectivity index is 1.56. The second-order valence-corrected chi connectivity index (χ2v) is 5.97. The highest BCUT2D eigenvalue weighted by molar-refractivity contribution is 5.91. The van der Waals surface area contributed by atoms with Gasteiger partial charge in [0.15, 0.2) is 6.61 Å². The summed E-state index contributed by atoms with van der Waals surface area (Å²) in [6, 6.07) is 16.1. The molecule has 138 valence electrons. The Hall–Kier alpha value is -3.55. The number of carbonyl (C=O) groups excluding carboxylic acids is 2. The van der Waals surface area contributed by atoms with Gasteiger partial charge in [0.25, 0.3) is 5.91 Å². The molecule has 2 aromatic carbocycles. The van der Waals surface area contributed by atoms with E-state index in [0.717, 1.165) is 5.56 Å². The zero-order valence-corrected chi connectivity index (χ0v) is 15.0. The van der Waals surface area contributed by atoms with E-state index in [4.69, 9.17) is 4.74 Å². The quantitative estimate of drug-likeness (QED) is 0.621. The van der Waals surface area contributed by atoms with E-state index in [-0.39, 0.29) is 18.6 Å². The fraction of sp³-hybridized carbons (Fsp3) is 0.211. The van der Waals surface area contributed by atoms with Crippen molar-refractivity contribution in [1.29, 1.82) is 0 Å². The summed E-state index contributed by atoms with van der Waals surface area (Å²) < 4.78 is 6.62. The van der Waals surface area contributed by atoms with Crippen molar-refractivity contribution < 1.29 is 14.3 Å². The number of tetrazole rings is 1. The first-order valence-electron chi connectivity index (χ1n) is 8.37. The average molecular weight is 365 g/mol. The van der Waals surface area contributed by atoms with E-state index in [1.165, 1.54) is 11.0 Å². The van der Waals surface area contributed by atoms with Gasteiger partial charge in [-0.25, -0.2) is 9.48 Å². The van der Waals surface area contributed by atoms with Crippen molar-refractivity contribution in [2.24, 2.45) is 0 Å². The molecule has 1 heterocycles. The molecular weight excluding hydrogens is 346 g/mol. The van der Waals surface area contributed by atoms with Gasteiger partial charge in [0.1, 0.15) is 6.33 Å². The van der Waals surface area contributed by atoms with Gasteiger partial charge in [-0.1, -0.05) is 30.3 Å². The number of carbonyl (C=O) groups is 2. The summed E-state index contributed by atoms with van der Waals surface area (Å²) in [5.74, 6) is -0.836. The highest BCUT2D eigenvalue weighted by Crippen LogP contribution is 2.18. The Morgan fingerprint density at radius 2 is 1.81 bits per heavy atom. The zero-order chi connectivity index (χ0) is 19.2. The minimum Gasteiger partial charge on any atom is -0.452 e. The van der Waals surface area contributed by atoms with Gasteiger partial charge in [-0.3, -0.25) is 4.79 Å². The number of benzene rings is 2. The van der Waals surface area contributed by atoms with E-state index in [1.54, 1.807) is 36.2 Å². The van der Waals surface area contributed by atoms with Crippen LogP contribution in [0.1, 0.15) is 28.9 Å². The van der Waals surface area contributed by atoms with Gasteiger partial charge in [-0.2, -0.15) is 0 Å². The van der Waals surface area contributed by atoms with Gasteiger partial charge in [-0.15, -0.1) is 5.10 Å². The molecule has 1 aromatic heterocycles. The summed E-state index contributed by atoms with van der Waals surface area (Å²) in [6.45, 7) is 1.61. The fourth-order valence-corrected chi connectivity index (χ4v) is 2.51. The molecule has 0 N–H and O–H groups in total. The van der Waals surface area contributed by atoms with E-state index in [0.29, 0.717) is 11.3 Å². The molecule has 1 amide bonds. The lowest BCUT2D eigenvalue weighted by molar-refractivity contribution is -0.135. The fourth-order valence-electron chi connectivity index (χ4n) is 2.51. The Morgan fingerprint density at radius 1 is 1.11 bits per heavy atom. The number of rotatable bonds is 6. The van der Waals surface area contributed by atoms with Crippen molar-refractivity contribution in [2.75, 3.05) is 13.7 Å². The first-order chi connectivity index (χ1) is 13.1. The predicted molar refractivity (Wildman–Crippen MR) is 97.1 cm³/mol. The standard InChI is InChI=1S/C19H19N5O3/c1-14(15-6-4-3-5-7-15)23(2)18(25)12-27-19(26)16-8-10-17(11-9-16)24-13-20-21-22-24/h3-11,13-14H,12H2,1-2H3/t14-/m1/s1. The zero-order valence-electron chi connectivity index (χ0n) is 15.0. The summed E-state index contributed by atoms with van der Waals surface area (Å²) in [6.07, 6.45) is 1.45. The van der Waals surface area contributed by atoms with Crippen LogP contribution in [-0.4, -0.2) is 50.6 Å². The molecule has 0 saturated heterocycles. The largest absolute Gasteiger partial charge is 0.452 e. The Labute approximate surface area is 156 Å². The van der Waals surface area contributed by atoms with Crippen LogP contribution >= 0.6 is 0 Å². The van der Waals surface area contributed by atoms with Crippen LogP contribution in [0.4, 0.5) is 0 Å². The van der Waals surface area contributed by atoms with Gasteiger partial charge in [0.2, 0.25) is 0 Å². The van der Waals surface area contributed by atoms with Crippen LogP contribution in [0, 0.1) is 0 Å². The summed E-state index contributed by atoms with van der Waals surface area (Å²) >= 11 is 0. The lowest BCUT2D eigenvalue weighted by atomic mass is 10.1. The van der Waals surface area contributed by atoms with Crippen molar-refractivity contribution in [3.05, 3.63) is 72.1 Å². The Morgan fingerprint density at radius 3 is 2.44 bits per heavy atom. The molecule has 1 atom stereocenters. The monoisotopic (exact) mass is 365 g/mol. The number of hydrogen-bond acceptors (Lipinski definition) is 6. The molecule has 3 aromatic rings. The molecule has 0 bridgehead atoms. The minimum absolute atomic E-state index is 0.118. The van der Waals surface area contributed by atoms with Crippen LogP contribution in [0.3, 0.4) is 0 Å². The molecule has 0 radical (unpaired) electrons. The lowest BCUT2D eigenvalue weighted by Gasteiger charge is -2.25. The summed E-state index contributed by atoms with van der Waals surface area (Å²) in [7, 11) is 1.69. The molecule has 8 nitrogen and oxygen atoms in total. The number of esters is 1. The van der Waals surface area contributed by atoms with Crippen LogP contribution < -0.4 is 0 Å². The smallest absolute Gasteiger partial charge is 0.338 e.